The van der Waals surface area contributed by atoms with Crippen LogP contribution in [0.5, 0.6) is 5.75 Å². The number of aryl methyl sites for hydroxylation is 2. The van der Waals surface area contributed by atoms with Gasteiger partial charge in [0.25, 0.3) is 5.91 Å². The molecule has 1 aliphatic rings. The van der Waals surface area contributed by atoms with Crippen molar-refractivity contribution in [3.63, 3.8) is 0 Å². The minimum atomic E-state index is -3.55. The second kappa shape index (κ2) is 8.97. The summed E-state index contributed by atoms with van der Waals surface area (Å²) >= 11 is 0. The third-order valence-corrected chi connectivity index (χ3v) is 7.11. The second-order valence-electron chi connectivity index (χ2n) is 7.32. The average molecular weight is 417 g/mol. The Bertz CT molecular complexity index is 963. The number of piperazine rings is 1. The smallest absolute Gasteiger partial charge is 0.253 e. The van der Waals surface area contributed by atoms with Crippen molar-refractivity contribution in [3.05, 3.63) is 59.2 Å². The SMILES string of the molecule is CCCOc1ccc(C(=O)N2CCN(S(=O)(=O)c3ccc(C)c(C)c3)CC2)cc1. The third kappa shape index (κ3) is 4.79. The summed E-state index contributed by atoms with van der Waals surface area (Å²) in [7, 11) is -3.55. The van der Waals surface area contributed by atoms with Crippen LogP contribution in [0.4, 0.5) is 0 Å². The van der Waals surface area contributed by atoms with Gasteiger partial charge in [-0.05, 0) is 67.8 Å². The Morgan fingerprint density at radius 1 is 0.966 bits per heavy atom. The first kappa shape index (κ1) is 21.3. The number of carbonyl (C=O) groups excluding carboxylic acids is 1. The molecule has 29 heavy (non-hydrogen) atoms. The minimum absolute atomic E-state index is 0.0877. The molecule has 156 valence electrons. The summed E-state index contributed by atoms with van der Waals surface area (Å²) in [6, 6.07) is 12.3. The van der Waals surface area contributed by atoms with E-state index < -0.39 is 10.0 Å². The van der Waals surface area contributed by atoms with Crippen LogP contribution in [0.2, 0.25) is 0 Å². The van der Waals surface area contributed by atoms with Crippen molar-refractivity contribution in [2.75, 3.05) is 32.8 Å². The summed E-state index contributed by atoms with van der Waals surface area (Å²) in [6.45, 7) is 7.87. The number of nitrogens with zero attached hydrogens (tertiary/aromatic N) is 2. The summed E-state index contributed by atoms with van der Waals surface area (Å²) in [5.74, 6) is 0.656. The zero-order valence-corrected chi connectivity index (χ0v) is 18.0. The highest BCUT2D eigenvalue weighted by Gasteiger charge is 2.30. The molecule has 2 aromatic carbocycles. The highest BCUT2D eigenvalue weighted by molar-refractivity contribution is 7.89. The molecule has 1 saturated heterocycles. The Hall–Kier alpha value is -2.38. The van der Waals surface area contributed by atoms with E-state index >= 15 is 0 Å². The van der Waals surface area contributed by atoms with E-state index in [1.54, 1.807) is 41.3 Å². The van der Waals surface area contributed by atoms with E-state index in [1.165, 1.54) is 4.31 Å². The van der Waals surface area contributed by atoms with Gasteiger partial charge < -0.3 is 9.64 Å². The molecule has 3 rings (SSSR count). The van der Waals surface area contributed by atoms with Gasteiger partial charge in [0, 0.05) is 31.7 Å². The molecule has 1 heterocycles. The molecule has 7 heteroatoms. The molecule has 0 atom stereocenters. The van der Waals surface area contributed by atoms with Gasteiger partial charge in [-0.25, -0.2) is 8.42 Å². The van der Waals surface area contributed by atoms with Crippen molar-refractivity contribution in [1.29, 1.82) is 0 Å². The van der Waals surface area contributed by atoms with Crippen molar-refractivity contribution in [1.82, 2.24) is 9.21 Å². The van der Waals surface area contributed by atoms with E-state index in [9.17, 15) is 13.2 Å². The second-order valence-corrected chi connectivity index (χ2v) is 9.25. The summed E-state index contributed by atoms with van der Waals surface area (Å²) in [5.41, 5.74) is 2.59. The van der Waals surface area contributed by atoms with Crippen LogP contribution in [0, 0.1) is 13.8 Å². The Kier molecular flexibility index (Phi) is 6.59. The van der Waals surface area contributed by atoms with Crippen molar-refractivity contribution in [2.24, 2.45) is 0 Å². The van der Waals surface area contributed by atoms with Crippen molar-refractivity contribution >= 4 is 15.9 Å². The highest BCUT2D eigenvalue weighted by atomic mass is 32.2. The van der Waals surface area contributed by atoms with Crippen LogP contribution < -0.4 is 4.74 Å². The fraction of sp³-hybridized carbons (Fsp3) is 0.409. The maximum atomic E-state index is 12.9. The minimum Gasteiger partial charge on any atom is -0.494 e. The van der Waals surface area contributed by atoms with Gasteiger partial charge in [0.1, 0.15) is 5.75 Å². The van der Waals surface area contributed by atoms with Crippen LogP contribution in [0.25, 0.3) is 0 Å². The van der Waals surface area contributed by atoms with Crippen molar-refractivity contribution in [3.8, 4) is 5.75 Å². The monoisotopic (exact) mass is 416 g/mol. The molecule has 0 aromatic heterocycles. The van der Waals surface area contributed by atoms with E-state index in [4.69, 9.17) is 4.74 Å². The first-order chi connectivity index (χ1) is 13.8. The lowest BCUT2D eigenvalue weighted by Gasteiger charge is -2.34. The molecule has 1 fully saturated rings. The quantitative estimate of drug-likeness (QED) is 0.725. The molecule has 0 unspecified atom stereocenters. The van der Waals surface area contributed by atoms with Gasteiger partial charge in [-0.2, -0.15) is 4.31 Å². The Morgan fingerprint density at radius 3 is 2.21 bits per heavy atom. The summed E-state index contributed by atoms with van der Waals surface area (Å²) in [4.78, 5) is 14.8. The number of hydrogen-bond donors (Lipinski definition) is 0. The lowest BCUT2D eigenvalue weighted by atomic mass is 10.1. The maximum Gasteiger partial charge on any atom is 0.253 e. The van der Waals surface area contributed by atoms with E-state index in [1.807, 2.05) is 26.8 Å². The Labute approximate surface area is 173 Å². The molecule has 0 radical (unpaired) electrons. The van der Waals surface area contributed by atoms with Crippen LogP contribution in [0.15, 0.2) is 47.4 Å². The van der Waals surface area contributed by atoms with Gasteiger partial charge in [0.05, 0.1) is 11.5 Å². The van der Waals surface area contributed by atoms with Gasteiger partial charge in [-0.15, -0.1) is 0 Å². The summed E-state index contributed by atoms with van der Waals surface area (Å²) in [6.07, 6.45) is 0.927. The molecule has 1 amide bonds. The van der Waals surface area contributed by atoms with Crippen molar-refractivity contribution in [2.45, 2.75) is 32.1 Å². The van der Waals surface area contributed by atoms with E-state index in [0.717, 1.165) is 23.3 Å². The Balaban J connectivity index is 1.63. The maximum absolute atomic E-state index is 12.9. The van der Waals surface area contributed by atoms with E-state index in [-0.39, 0.29) is 5.91 Å². The summed E-state index contributed by atoms with van der Waals surface area (Å²) < 4.78 is 32.9. The molecule has 0 saturated carbocycles. The zero-order chi connectivity index (χ0) is 21.0. The molecule has 0 N–H and O–H groups in total. The topological polar surface area (TPSA) is 66.9 Å². The number of sulfonamides is 1. The number of benzene rings is 2. The fourth-order valence-electron chi connectivity index (χ4n) is 3.25. The number of hydrogen-bond acceptors (Lipinski definition) is 4. The molecular formula is C22H28N2O4S. The number of amides is 1. The number of ether oxygens (including phenoxy) is 1. The van der Waals surface area contributed by atoms with Crippen LogP contribution in [0.3, 0.4) is 0 Å². The molecule has 0 bridgehead atoms. The van der Waals surface area contributed by atoms with Gasteiger partial charge >= 0.3 is 0 Å². The average Bonchev–Trinajstić information content (AvgIpc) is 2.74. The van der Waals surface area contributed by atoms with Crippen LogP contribution in [0.1, 0.15) is 34.8 Å². The first-order valence-electron chi connectivity index (χ1n) is 9.92. The van der Waals surface area contributed by atoms with Gasteiger partial charge in [-0.3, -0.25) is 4.79 Å². The number of carbonyl (C=O) groups is 1. The van der Waals surface area contributed by atoms with Gasteiger partial charge in [0.15, 0.2) is 0 Å². The predicted octanol–water partition coefficient (Wildman–Crippen LogP) is 3.24. The molecule has 0 spiro atoms. The molecule has 0 aliphatic carbocycles. The zero-order valence-electron chi connectivity index (χ0n) is 17.2. The summed E-state index contributed by atoms with van der Waals surface area (Å²) in [5, 5.41) is 0. The number of rotatable bonds is 6. The van der Waals surface area contributed by atoms with E-state index in [0.29, 0.717) is 43.2 Å². The van der Waals surface area contributed by atoms with Crippen LogP contribution in [-0.4, -0.2) is 56.3 Å². The normalized spacial score (nSPS) is 15.3. The Morgan fingerprint density at radius 2 is 1.62 bits per heavy atom. The highest BCUT2D eigenvalue weighted by Crippen LogP contribution is 2.21. The van der Waals surface area contributed by atoms with Crippen molar-refractivity contribution < 1.29 is 17.9 Å². The van der Waals surface area contributed by atoms with Gasteiger partial charge in [-0.1, -0.05) is 13.0 Å². The third-order valence-electron chi connectivity index (χ3n) is 5.22. The lowest BCUT2D eigenvalue weighted by molar-refractivity contribution is 0.0698. The predicted molar refractivity (Wildman–Crippen MR) is 113 cm³/mol. The van der Waals surface area contributed by atoms with Gasteiger partial charge in [0.2, 0.25) is 10.0 Å². The largest absolute Gasteiger partial charge is 0.494 e. The van der Waals surface area contributed by atoms with Crippen LogP contribution >= 0.6 is 0 Å². The van der Waals surface area contributed by atoms with Crippen LogP contribution in [-0.2, 0) is 10.0 Å². The molecular weight excluding hydrogens is 388 g/mol. The standard InChI is InChI=1S/C22H28N2O4S/c1-4-15-28-20-8-6-19(7-9-20)22(25)23-11-13-24(14-12-23)29(26,27)21-10-5-17(2)18(3)16-21/h5-10,16H,4,11-15H2,1-3H3. The molecule has 1 aliphatic heterocycles. The fourth-order valence-corrected chi connectivity index (χ4v) is 4.76. The van der Waals surface area contributed by atoms with E-state index in [2.05, 4.69) is 0 Å². The first-order valence-corrected chi connectivity index (χ1v) is 11.4. The molecule has 6 nitrogen and oxygen atoms in total. The molecule has 2 aromatic rings. The lowest BCUT2D eigenvalue weighted by Crippen LogP contribution is -2.50.